The van der Waals surface area contributed by atoms with E-state index in [9.17, 15) is 0 Å². The van der Waals surface area contributed by atoms with Gasteiger partial charge in [0.05, 0.1) is 16.7 Å². The first-order valence-electron chi connectivity index (χ1n) is 21.8. The van der Waals surface area contributed by atoms with Crippen LogP contribution in [0.2, 0.25) is 0 Å². The van der Waals surface area contributed by atoms with E-state index in [2.05, 4.69) is 187 Å². The molecule has 6 heteroatoms. The minimum atomic E-state index is 0.587. The summed E-state index contributed by atoms with van der Waals surface area (Å²) in [5, 5.41) is 11.6. The fraction of sp³-hybridized carbons (Fsp3) is 0. The molecule has 0 spiro atoms. The Morgan fingerprint density at radius 2 is 0.938 bits per heavy atom. The van der Waals surface area contributed by atoms with Gasteiger partial charge < -0.3 is 8.98 Å². The zero-order valence-corrected chi connectivity index (χ0v) is 35.6. The van der Waals surface area contributed by atoms with Crippen molar-refractivity contribution >= 4 is 96.8 Å². The average Bonchev–Trinajstić information content (AvgIpc) is 4.03. The second-order valence-electron chi connectivity index (χ2n) is 16.8. The van der Waals surface area contributed by atoms with Crippen LogP contribution in [0.1, 0.15) is 0 Å². The maximum absolute atomic E-state index is 6.94. The van der Waals surface area contributed by atoms with Gasteiger partial charge in [-0.05, 0) is 87.8 Å². The van der Waals surface area contributed by atoms with Crippen molar-refractivity contribution in [3.63, 3.8) is 0 Å². The van der Waals surface area contributed by atoms with E-state index in [1.807, 2.05) is 24.3 Å². The predicted octanol–water partition coefficient (Wildman–Crippen LogP) is 16.2. The average molecular weight is 847 g/mol. The summed E-state index contributed by atoms with van der Waals surface area (Å²) >= 11 is 1.80. The zero-order chi connectivity index (χ0) is 42.6. The first kappa shape index (κ1) is 36.1. The highest BCUT2D eigenvalue weighted by Crippen LogP contribution is 2.45. The molecule has 10 aromatic carbocycles. The molecule has 65 heavy (non-hydrogen) atoms. The van der Waals surface area contributed by atoms with Crippen LogP contribution in [0, 0.1) is 0 Å². The van der Waals surface area contributed by atoms with Crippen LogP contribution >= 0.6 is 11.3 Å². The molecular formula is C59H34N4OS. The summed E-state index contributed by atoms with van der Waals surface area (Å²) in [7, 11) is 0. The topological polar surface area (TPSA) is 56.7 Å². The first-order chi connectivity index (χ1) is 32.2. The first-order valence-corrected chi connectivity index (χ1v) is 22.6. The number of hydrogen-bond acceptors (Lipinski definition) is 5. The lowest BCUT2D eigenvalue weighted by atomic mass is 9.98. The summed E-state index contributed by atoms with van der Waals surface area (Å²) in [4.78, 5) is 15.7. The normalized spacial score (nSPS) is 12.0. The molecule has 302 valence electrons. The van der Waals surface area contributed by atoms with Gasteiger partial charge in [0.25, 0.3) is 0 Å². The van der Waals surface area contributed by atoms with Crippen LogP contribution < -0.4 is 0 Å². The van der Waals surface area contributed by atoms with Gasteiger partial charge in [0.2, 0.25) is 0 Å². The van der Waals surface area contributed by atoms with Crippen molar-refractivity contribution in [1.82, 2.24) is 19.5 Å². The quantitative estimate of drug-likeness (QED) is 0.173. The molecule has 0 aliphatic rings. The fourth-order valence-corrected chi connectivity index (χ4v) is 11.0. The summed E-state index contributed by atoms with van der Waals surface area (Å²) in [5.74, 6) is 1.82. The third-order valence-corrected chi connectivity index (χ3v) is 14.1. The third kappa shape index (κ3) is 5.67. The number of benzene rings is 10. The van der Waals surface area contributed by atoms with Gasteiger partial charge in [-0.3, -0.25) is 0 Å². The molecule has 0 N–H and O–H groups in total. The fourth-order valence-electron chi connectivity index (χ4n) is 9.94. The Balaban J connectivity index is 1.04. The highest BCUT2D eigenvalue weighted by molar-refractivity contribution is 7.25. The van der Waals surface area contributed by atoms with Crippen LogP contribution in [0.5, 0.6) is 0 Å². The molecule has 0 aliphatic carbocycles. The number of furan rings is 1. The molecular weight excluding hydrogens is 813 g/mol. The number of rotatable bonds is 5. The molecule has 0 amide bonds. The standard InChI is InChI=1S/C59H34N4OS/c1-3-14-35(15-4-1)44-33-48-53(34-51(44)63-49-31-39-20-9-7-18-37(39)28-45(49)46-29-38-19-8-10-21-40(38)32-50(46)63)64-52-24-13-23-43(56(48)52)59-61-57(36-16-5-2-6-17-36)60-58(62-59)41-26-27-55-47(30-41)42-22-11-12-25-54(42)65-55/h1-34H. The largest absolute Gasteiger partial charge is 0.456 e. The highest BCUT2D eigenvalue weighted by Gasteiger charge is 2.23. The van der Waals surface area contributed by atoms with E-state index in [0.717, 1.165) is 66.5 Å². The molecule has 0 bridgehead atoms. The Labute approximate surface area is 376 Å². The van der Waals surface area contributed by atoms with Crippen LogP contribution in [0.4, 0.5) is 0 Å². The van der Waals surface area contributed by atoms with Gasteiger partial charge in [-0.15, -0.1) is 11.3 Å². The third-order valence-electron chi connectivity index (χ3n) is 13.0. The molecule has 14 rings (SSSR count). The van der Waals surface area contributed by atoms with Gasteiger partial charge in [0.15, 0.2) is 17.5 Å². The van der Waals surface area contributed by atoms with E-state index in [1.54, 1.807) is 11.3 Å². The molecule has 5 nitrogen and oxygen atoms in total. The van der Waals surface area contributed by atoms with Crippen LogP contribution in [0.3, 0.4) is 0 Å². The Morgan fingerprint density at radius 3 is 1.65 bits per heavy atom. The minimum absolute atomic E-state index is 0.587. The summed E-state index contributed by atoms with van der Waals surface area (Å²) in [6.45, 7) is 0. The van der Waals surface area contributed by atoms with Crippen molar-refractivity contribution in [2.45, 2.75) is 0 Å². The molecule has 0 radical (unpaired) electrons. The van der Waals surface area contributed by atoms with Crippen LogP contribution in [0.15, 0.2) is 211 Å². The molecule has 0 unspecified atom stereocenters. The maximum atomic E-state index is 6.94. The molecule has 0 fully saturated rings. The van der Waals surface area contributed by atoms with Gasteiger partial charge in [-0.1, -0.05) is 140 Å². The van der Waals surface area contributed by atoms with Gasteiger partial charge in [0.1, 0.15) is 11.2 Å². The van der Waals surface area contributed by atoms with Crippen molar-refractivity contribution < 1.29 is 4.42 Å². The molecule has 0 atom stereocenters. The van der Waals surface area contributed by atoms with Crippen molar-refractivity contribution in [2.24, 2.45) is 0 Å². The summed E-state index contributed by atoms with van der Waals surface area (Å²) in [6.07, 6.45) is 0. The summed E-state index contributed by atoms with van der Waals surface area (Å²) in [6, 6.07) is 73.4. The van der Waals surface area contributed by atoms with Gasteiger partial charge in [-0.25, -0.2) is 15.0 Å². The van der Waals surface area contributed by atoms with E-state index in [0.29, 0.717) is 17.5 Å². The summed E-state index contributed by atoms with van der Waals surface area (Å²) in [5.41, 5.74) is 9.81. The highest BCUT2D eigenvalue weighted by atomic mass is 32.1. The number of hydrogen-bond donors (Lipinski definition) is 0. The number of nitrogens with zero attached hydrogens (tertiary/aromatic N) is 4. The predicted molar refractivity (Wildman–Crippen MR) is 271 cm³/mol. The maximum Gasteiger partial charge on any atom is 0.164 e. The summed E-state index contributed by atoms with van der Waals surface area (Å²) < 4.78 is 11.9. The minimum Gasteiger partial charge on any atom is -0.456 e. The van der Waals surface area contributed by atoms with Crippen LogP contribution in [0.25, 0.3) is 136 Å². The van der Waals surface area contributed by atoms with Crippen molar-refractivity contribution in [3.8, 4) is 51.0 Å². The van der Waals surface area contributed by atoms with E-state index in [4.69, 9.17) is 19.4 Å². The zero-order valence-electron chi connectivity index (χ0n) is 34.7. The Morgan fingerprint density at radius 1 is 0.354 bits per heavy atom. The monoisotopic (exact) mass is 846 g/mol. The molecule has 0 saturated carbocycles. The Kier molecular flexibility index (Phi) is 7.79. The number of thiophene rings is 1. The van der Waals surface area contributed by atoms with Gasteiger partial charge >= 0.3 is 0 Å². The lowest BCUT2D eigenvalue weighted by molar-refractivity contribution is 0.668. The lowest BCUT2D eigenvalue weighted by Crippen LogP contribution is -2.00. The molecule has 0 saturated heterocycles. The van der Waals surface area contributed by atoms with Crippen molar-refractivity contribution in [1.29, 1.82) is 0 Å². The van der Waals surface area contributed by atoms with Crippen molar-refractivity contribution in [3.05, 3.63) is 206 Å². The van der Waals surface area contributed by atoms with E-state index in [1.165, 1.54) is 52.5 Å². The Bertz CT molecular complexity index is 4150. The van der Waals surface area contributed by atoms with Gasteiger partial charge in [0, 0.05) is 70.0 Å². The lowest BCUT2D eigenvalue weighted by Gasteiger charge is -2.15. The molecule has 0 aliphatic heterocycles. The number of fused-ring (bicyclic) bond motifs is 11. The van der Waals surface area contributed by atoms with Gasteiger partial charge in [-0.2, -0.15) is 0 Å². The smallest absolute Gasteiger partial charge is 0.164 e. The van der Waals surface area contributed by atoms with E-state index < -0.39 is 0 Å². The second-order valence-corrected chi connectivity index (χ2v) is 17.8. The molecule has 14 aromatic rings. The van der Waals surface area contributed by atoms with E-state index >= 15 is 0 Å². The van der Waals surface area contributed by atoms with Crippen LogP contribution in [-0.4, -0.2) is 19.5 Å². The molecule has 4 aromatic heterocycles. The van der Waals surface area contributed by atoms with Crippen molar-refractivity contribution in [2.75, 3.05) is 0 Å². The Hall–Kier alpha value is -8.45. The van der Waals surface area contributed by atoms with E-state index in [-0.39, 0.29) is 0 Å². The SMILES string of the molecule is c1ccc(-c2nc(-c3ccc4sc5ccccc5c4c3)nc(-c3cccc4oc5cc(-n6c7cc8ccccc8cc7c7cc8ccccc8cc76)c(-c6ccccc6)cc5c34)n2)cc1. The van der Waals surface area contributed by atoms with Crippen LogP contribution in [-0.2, 0) is 0 Å². The second kappa shape index (κ2) is 14.0. The molecule has 4 heterocycles. The number of aromatic nitrogens is 4.